The summed E-state index contributed by atoms with van der Waals surface area (Å²) in [5.74, 6) is 0.370. The first-order valence-corrected chi connectivity index (χ1v) is 6.70. The predicted octanol–water partition coefficient (Wildman–Crippen LogP) is 2.88. The molecule has 20 heavy (non-hydrogen) atoms. The van der Waals surface area contributed by atoms with Gasteiger partial charge in [-0.2, -0.15) is 0 Å². The van der Waals surface area contributed by atoms with E-state index in [-0.39, 0.29) is 6.03 Å². The van der Waals surface area contributed by atoms with Gasteiger partial charge in [-0.25, -0.2) is 4.79 Å². The third-order valence-electron chi connectivity index (χ3n) is 2.64. The smallest absolute Gasteiger partial charge is 0.320 e. The van der Waals surface area contributed by atoms with Gasteiger partial charge in [0.05, 0.1) is 0 Å². The molecule has 0 unspecified atom stereocenters. The highest BCUT2D eigenvalue weighted by Crippen LogP contribution is 2.05. The van der Waals surface area contributed by atoms with Crippen molar-refractivity contribution in [2.45, 2.75) is 12.8 Å². The molecule has 0 aliphatic carbocycles. The van der Waals surface area contributed by atoms with Gasteiger partial charge in [0.15, 0.2) is 11.0 Å². The Balaban J connectivity index is 1.66. The Bertz CT molecular complexity index is 545. The number of carbonyl (C=O) groups excluding carboxylic acids is 1. The van der Waals surface area contributed by atoms with Crippen molar-refractivity contribution in [3.05, 3.63) is 53.2 Å². The second-order valence-corrected chi connectivity index (χ2v) is 4.60. The average Bonchev–Trinajstić information content (AvgIpc) is 2.47. The molecule has 1 aromatic carbocycles. The standard InChI is InChI=1S/C14H15ClN4O/c15-12-8-9-13(19-18-12)17-14(20)16-10-4-7-11-5-2-1-3-6-11/h1-3,5-6,8-9H,4,7,10H2,(H2,16,17,19,20). The second-order valence-electron chi connectivity index (χ2n) is 4.21. The topological polar surface area (TPSA) is 66.9 Å². The summed E-state index contributed by atoms with van der Waals surface area (Å²) in [6.07, 6.45) is 1.81. The van der Waals surface area contributed by atoms with Crippen LogP contribution in [-0.4, -0.2) is 22.8 Å². The number of amides is 2. The van der Waals surface area contributed by atoms with Gasteiger partial charge in [0, 0.05) is 6.54 Å². The Hall–Kier alpha value is -2.14. The van der Waals surface area contributed by atoms with Crippen molar-refractivity contribution in [2.24, 2.45) is 0 Å². The van der Waals surface area contributed by atoms with Gasteiger partial charge in [-0.15, -0.1) is 10.2 Å². The third kappa shape index (κ3) is 4.85. The van der Waals surface area contributed by atoms with Crippen LogP contribution in [0.5, 0.6) is 0 Å². The Morgan fingerprint density at radius 3 is 2.60 bits per heavy atom. The summed E-state index contributed by atoms with van der Waals surface area (Å²) in [5, 5.41) is 13.0. The molecule has 0 aliphatic rings. The van der Waals surface area contributed by atoms with E-state index in [1.54, 1.807) is 12.1 Å². The Kier molecular flexibility index (Phi) is 5.32. The van der Waals surface area contributed by atoms with Gasteiger partial charge in [-0.3, -0.25) is 5.32 Å². The second kappa shape index (κ2) is 7.45. The van der Waals surface area contributed by atoms with Crippen LogP contribution in [0.15, 0.2) is 42.5 Å². The molecule has 2 rings (SSSR count). The zero-order chi connectivity index (χ0) is 14.2. The molecule has 6 heteroatoms. The van der Waals surface area contributed by atoms with Crippen molar-refractivity contribution in [1.29, 1.82) is 0 Å². The SMILES string of the molecule is O=C(NCCCc1ccccc1)Nc1ccc(Cl)nn1. The number of hydrogen-bond donors (Lipinski definition) is 2. The minimum absolute atomic E-state index is 0.291. The van der Waals surface area contributed by atoms with Crippen molar-refractivity contribution < 1.29 is 4.79 Å². The lowest BCUT2D eigenvalue weighted by molar-refractivity contribution is 0.252. The molecule has 0 atom stereocenters. The summed E-state index contributed by atoms with van der Waals surface area (Å²) >= 11 is 5.61. The first-order chi connectivity index (χ1) is 9.74. The Labute approximate surface area is 122 Å². The van der Waals surface area contributed by atoms with E-state index >= 15 is 0 Å². The van der Waals surface area contributed by atoms with Gasteiger partial charge in [0.25, 0.3) is 0 Å². The molecular formula is C14H15ClN4O. The molecule has 0 radical (unpaired) electrons. The van der Waals surface area contributed by atoms with Gasteiger partial charge >= 0.3 is 6.03 Å². The molecule has 2 N–H and O–H groups in total. The molecule has 0 bridgehead atoms. The predicted molar refractivity (Wildman–Crippen MR) is 78.8 cm³/mol. The monoisotopic (exact) mass is 290 g/mol. The fraction of sp³-hybridized carbons (Fsp3) is 0.214. The lowest BCUT2D eigenvalue weighted by atomic mass is 10.1. The van der Waals surface area contributed by atoms with Crippen LogP contribution in [0.1, 0.15) is 12.0 Å². The summed E-state index contributed by atoms with van der Waals surface area (Å²) in [7, 11) is 0. The number of aryl methyl sites for hydroxylation is 1. The number of nitrogens with one attached hydrogen (secondary N) is 2. The van der Waals surface area contributed by atoms with E-state index in [2.05, 4.69) is 33.0 Å². The summed E-state index contributed by atoms with van der Waals surface area (Å²) in [5.41, 5.74) is 1.26. The van der Waals surface area contributed by atoms with Crippen LogP contribution >= 0.6 is 11.6 Å². The molecule has 5 nitrogen and oxygen atoms in total. The van der Waals surface area contributed by atoms with Crippen LogP contribution in [0.3, 0.4) is 0 Å². The van der Waals surface area contributed by atoms with Crippen molar-refractivity contribution >= 4 is 23.4 Å². The summed E-state index contributed by atoms with van der Waals surface area (Å²) < 4.78 is 0. The molecule has 0 saturated heterocycles. The zero-order valence-electron chi connectivity index (χ0n) is 10.8. The number of rotatable bonds is 5. The van der Waals surface area contributed by atoms with Gasteiger partial charge in [-0.05, 0) is 30.5 Å². The van der Waals surface area contributed by atoms with Crippen LogP contribution in [0.25, 0.3) is 0 Å². The summed E-state index contributed by atoms with van der Waals surface area (Å²) in [6.45, 7) is 0.599. The molecule has 1 aromatic heterocycles. The van der Waals surface area contributed by atoms with Crippen LogP contribution < -0.4 is 10.6 Å². The molecule has 0 fully saturated rings. The van der Waals surface area contributed by atoms with E-state index in [0.29, 0.717) is 17.5 Å². The van der Waals surface area contributed by atoms with Gasteiger partial charge in [0.2, 0.25) is 0 Å². The maximum Gasteiger partial charge on any atom is 0.320 e. The molecule has 2 amide bonds. The molecule has 0 aliphatic heterocycles. The lowest BCUT2D eigenvalue weighted by Crippen LogP contribution is -2.30. The highest BCUT2D eigenvalue weighted by molar-refractivity contribution is 6.29. The average molecular weight is 291 g/mol. The van der Waals surface area contributed by atoms with Crippen molar-refractivity contribution in [3.8, 4) is 0 Å². The molecule has 0 saturated carbocycles. The third-order valence-corrected chi connectivity index (χ3v) is 2.85. The number of halogens is 1. The quantitative estimate of drug-likeness (QED) is 0.832. The van der Waals surface area contributed by atoms with E-state index in [9.17, 15) is 4.79 Å². The number of nitrogens with zero attached hydrogens (tertiary/aromatic N) is 2. The molecular weight excluding hydrogens is 276 g/mol. The summed E-state index contributed by atoms with van der Waals surface area (Å²) in [4.78, 5) is 11.6. The minimum atomic E-state index is -0.297. The lowest BCUT2D eigenvalue weighted by Gasteiger charge is -2.06. The number of urea groups is 1. The van der Waals surface area contributed by atoms with E-state index in [0.717, 1.165) is 12.8 Å². The van der Waals surface area contributed by atoms with E-state index in [1.807, 2.05) is 18.2 Å². The maximum atomic E-state index is 11.6. The van der Waals surface area contributed by atoms with E-state index < -0.39 is 0 Å². The van der Waals surface area contributed by atoms with Gasteiger partial charge < -0.3 is 5.32 Å². The summed E-state index contributed by atoms with van der Waals surface area (Å²) in [6, 6.07) is 13.0. The normalized spacial score (nSPS) is 10.1. The molecule has 1 heterocycles. The Morgan fingerprint density at radius 2 is 1.90 bits per heavy atom. The fourth-order valence-electron chi connectivity index (χ4n) is 1.68. The zero-order valence-corrected chi connectivity index (χ0v) is 11.6. The van der Waals surface area contributed by atoms with Crippen molar-refractivity contribution in [1.82, 2.24) is 15.5 Å². The number of aromatic nitrogens is 2. The van der Waals surface area contributed by atoms with Crippen LogP contribution in [0.2, 0.25) is 5.15 Å². The van der Waals surface area contributed by atoms with Gasteiger partial charge in [-0.1, -0.05) is 41.9 Å². The van der Waals surface area contributed by atoms with Gasteiger partial charge in [0.1, 0.15) is 0 Å². The number of anilines is 1. The number of carbonyl (C=O) groups is 1. The first kappa shape index (κ1) is 14.3. The van der Waals surface area contributed by atoms with Crippen LogP contribution in [0, 0.1) is 0 Å². The fourth-order valence-corrected chi connectivity index (χ4v) is 1.78. The highest BCUT2D eigenvalue weighted by Gasteiger charge is 2.02. The van der Waals surface area contributed by atoms with E-state index in [1.165, 1.54) is 5.56 Å². The number of hydrogen-bond acceptors (Lipinski definition) is 3. The van der Waals surface area contributed by atoms with Crippen LogP contribution in [0.4, 0.5) is 10.6 Å². The molecule has 0 spiro atoms. The highest BCUT2D eigenvalue weighted by atomic mass is 35.5. The van der Waals surface area contributed by atoms with Crippen LogP contribution in [-0.2, 0) is 6.42 Å². The minimum Gasteiger partial charge on any atom is -0.338 e. The molecule has 104 valence electrons. The number of benzene rings is 1. The molecule has 2 aromatic rings. The van der Waals surface area contributed by atoms with Crippen molar-refractivity contribution in [3.63, 3.8) is 0 Å². The maximum absolute atomic E-state index is 11.6. The Morgan fingerprint density at radius 1 is 1.10 bits per heavy atom. The first-order valence-electron chi connectivity index (χ1n) is 6.32. The van der Waals surface area contributed by atoms with Crippen molar-refractivity contribution in [2.75, 3.05) is 11.9 Å². The van der Waals surface area contributed by atoms with E-state index in [4.69, 9.17) is 11.6 Å². The largest absolute Gasteiger partial charge is 0.338 e.